The third-order valence-corrected chi connectivity index (χ3v) is 5.58. The van der Waals surface area contributed by atoms with Gasteiger partial charge in [0.05, 0.1) is 27.9 Å². The number of benzene rings is 2. The number of nitrogens with zero attached hydrogens (tertiary/aromatic N) is 1. The molecule has 1 fully saturated rings. The third-order valence-electron chi connectivity index (χ3n) is 5.58. The largest absolute Gasteiger partial charge is 0.493 e. The summed E-state index contributed by atoms with van der Waals surface area (Å²) in [5, 5.41) is 0. The Kier molecular flexibility index (Phi) is 4.12. The Labute approximate surface area is 172 Å². The Bertz CT molecular complexity index is 1080. The number of hydrogen-bond acceptors (Lipinski definition) is 8. The maximum atomic E-state index is 13.4. The average Bonchev–Trinajstić information content (AvgIpc) is 3.36. The minimum Gasteiger partial charge on any atom is -0.493 e. The molecule has 1 amide bonds. The van der Waals surface area contributed by atoms with Gasteiger partial charge in [-0.2, -0.15) is 0 Å². The Balaban J connectivity index is 1.86. The van der Waals surface area contributed by atoms with Crippen LogP contribution < -0.4 is 23.7 Å². The molecule has 9 heteroatoms. The van der Waals surface area contributed by atoms with Crippen molar-refractivity contribution in [2.24, 2.45) is 0 Å². The van der Waals surface area contributed by atoms with E-state index in [1.54, 1.807) is 18.2 Å². The molecule has 0 bridgehead atoms. The molecule has 1 atom stereocenters. The first-order chi connectivity index (χ1) is 14.6. The second-order valence-electron chi connectivity index (χ2n) is 7.02. The van der Waals surface area contributed by atoms with Crippen molar-refractivity contribution in [3.63, 3.8) is 0 Å². The normalized spacial score (nSPS) is 18.6. The molecule has 0 radical (unpaired) electrons. The second-order valence-corrected chi connectivity index (χ2v) is 7.02. The molecule has 3 aliphatic rings. The summed E-state index contributed by atoms with van der Waals surface area (Å²) in [4.78, 5) is 27.2. The van der Waals surface area contributed by atoms with Gasteiger partial charge in [-0.15, -0.1) is 0 Å². The summed E-state index contributed by atoms with van der Waals surface area (Å²) in [6.07, 6.45) is -0.544. The van der Waals surface area contributed by atoms with Crippen molar-refractivity contribution in [3.8, 4) is 39.9 Å². The molecule has 1 saturated heterocycles. The molecule has 2 aromatic rings. The van der Waals surface area contributed by atoms with Crippen molar-refractivity contribution < 1.29 is 38.0 Å². The lowest BCUT2D eigenvalue weighted by Gasteiger charge is -2.28. The Morgan fingerprint density at radius 3 is 2.27 bits per heavy atom. The lowest BCUT2D eigenvalue weighted by atomic mass is 9.87. The number of carbonyl (C=O) groups is 2. The van der Waals surface area contributed by atoms with Crippen molar-refractivity contribution in [1.29, 1.82) is 0 Å². The molecular weight excluding hydrogens is 394 g/mol. The van der Waals surface area contributed by atoms with Gasteiger partial charge in [-0.3, -0.25) is 9.69 Å². The van der Waals surface area contributed by atoms with E-state index in [9.17, 15) is 9.59 Å². The van der Waals surface area contributed by atoms with E-state index in [-0.39, 0.29) is 25.7 Å². The van der Waals surface area contributed by atoms with Gasteiger partial charge in [0.2, 0.25) is 12.5 Å². The lowest BCUT2D eigenvalue weighted by molar-refractivity contribution is 0.0884. The predicted octanol–water partition coefficient (Wildman–Crippen LogP) is 2.63. The van der Waals surface area contributed by atoms with Crippen molar-refractivity contribution in [2.45, 2.75) is 12.6 Å². The maximum Gasteiger partial charge on any atom is 0.410 e. The van der Waals surface area contributed by atoms with E-state index in [0.717, 1.165) is 5.56 Å². The van der Waals surface area contributed by atoms with Crippen LogP contribution in [0.4, 0.5) is 4.79 Å². The number of ketones is 1. The number of ether oxygens (including phenoxy) is 6. The monoisotopic (exact) mass is 413 g/mol. The number of carbonyl (C=O) groups excluding carboxylic acids is 2. The summed E-state index contributed by atoms with van der Waals surface area (Å²) in [7, 11) is 4.54. The maximum absolute atomic E-state index is 13.4. The molecule has 2 aromatic carbocycles. The molecular formula is C21H19NO8. The smallest absolute Gasteiger partial charge is 0.410 e. The van der Waals surface area contributed by atoms with Crippen LogP contribution >= 0.6 is 0 Å². The molecule has 3 heterocycles. The topological polar surface area (TPSA) is 92.8 Å². The molecule has 30 heavy (non-hydrogen) atoms. The minimum atomic E-state index is -0.733. The van der Waals surface area contributed by atoms with Gasteiger partial charge in [-0.25, -0.2) is 4.79 Å². The van der Waals surface area contributed by atoms with Crippen LogP contribution in [0.1, 0.15) is 15.9 Å². The van der Waals surface area contributed by atoms with E-state index < -0.39 is 12.1 Å². The van der Waals surface area contributed by atoms with E-state index >= 15 is 0 Å². The van der Waals surface area contributed by atoms with Gasteiger partial charge in [-0.1, -0.05) is 0 Å². The summed E-state index contributed by atoms with van der Waals surface area (Å²) in [5.41, 5.74) is 2.34. The molecule has 0 spiro atoms. The van der Waals surface area contributed by atoms with Gasteiger partial charge in [0.25, 0.3) is 0 Å². The molecule has 9 nitrogen and oxygen atoms in total. The predicted molar refractivity (Wildman–Crippen MR) is 103 cm³/mol. The van der Waals surface area contributed by atoms with Crippen molar-refractivity contribution in [2.75, 3.05) is 34.7 Å². The van der Waals surface area contributed by atoms with Crippen LogP contribution in [0, 0.1) is 0 Å². The zero-order valence-electron chi connectivity index (χ0n) is 16.6. The van der Waals surface area contributed by atoms with Crippen LogP contribution in [0.25, 0.3) is 11.1 Å². The number of cyclic esters (lactones) is 1. The highest BCUT2D eigenvalue weighted by Crippen LogP contribution is 2.51. The molecule has 1 unspecified atom stereocenters. The zero-order valence-corrected chi connectivity index (χ0v) is 16.6. The van der Waals surface area contributed by atoms with Crippen molar-refractivity contribution >= 4 is 11.9 Å². The zero-order chi connectivity index (χ0) is 21.0. The van der Waals surface area contributed by atoms with Gasteiger partial charge in [0, 0.05) is 16.7 Å². The fraction of sp³-hybridized carbons (Fsp3) is 0.333. The molecule has 0 saturated carbocycles. The average molecular weight is 413 g/mol. The van der Waals surface area contributed by atoms with Crippen LogP contribution in [-0.2, 0) is 11.3 Å². The summed E-state index contributed by atoms with van der Waals surface area (Å²) in [6, 6.07) is 4.45. The van der Waals surface area contributed by atoms with Crippen LogP contribution in [0.3, 0.4) is 0 Å². The first-order valence-corrected chi connectivity index (χ1v) is 9.30. The molecule has 0 N–H and O–H groups in total. The van der Waals surface area contributed by atoms with Crippen LogP contribution in [0.2, 0.25) is 0 Å². The second kappa shape index (κ2) is 6.72. The number of amides is 1. The van der Waals surface area contributed by atoms with Crippen molar-refractivity contribution in [1.82, 2.24) is 4.90 Å². The van der Waals surface area contributed by atoms with Crippen LogP contribution in [-0.4, -0.2) is 57.5 Å². The molecule has 0 aliphatic carbocycles. The van der Waals surface area contributed by atoms with E-state index in [0.29, 0.717) is 45.4 Å². The first-order valence-electron chi connectivity index (χ1n) is 9.30. The molecule has 156 valence electrons. The highest BCUT2D eigenvalue weighted by Gasteiger charge is 2.43. The molecule has 0 aromatic heterocycles. The fourth-order valence-electron chi connectivity index (χ4n) is 4.18. The highest BCUT2D eigenvalue weighted by molar-refractivity contribution is 6.09. The van der Waals surface area contributed by atoms with Gasteiger partial charge in [0.15, 0.2) is 28.8 Å². The first kappa shape index (κ1) is 18.4. The lowest BCUT2D eigenvalue weighted by Crippen LogP contribution is -2.40. The summed E-state index contributed by atoms with van der Waals surface area (Å²) in [5.74, 6) is 1.99. The fourth-order valence-corrected chi connectivity index (χ4v) is 4.18. The van der Waals surface area contributed by atoms with E-state index in [1.807, 2.05) is 0 Å². The van der Waals surface area contributed by atoms with Gasteiger partial charge >= 0.3 is 6.09 Å². The number of Topliss-reactive ketones (excluding diaryl/α,β-unsaturated/α-hetero) is 1. The number of rotatable bonds is 3. The summed E-state index contributed by atoms with van der Waals surface area (Å²) < 4.78 is 32.9. The standard InChI is InChI=1S/C21H19NO8/c1-25-16-4-10-7-22-13(8-28-21(22)24)18(23)12-6-15-14(29-9-30-15)5-11(12)17(10)20(27-3)19(16)26-2/h4-6,13H,7-9H2,1-3H3. The van der Waals surface area contributed by atoms with Crippen LogP contribution in [0.5, 0.6) is 28.7 Å². The van der Waals surface area contributed by atoms with E-state index in [1.165, 1.54) is 26.2 Å². The molecule has 3 aliphatic heterocycles. The Morgan fingerprint density at radius 2 is 1.60 bits per heavy atom. The minimum absolute atomic E-state index is 0.00862. The number of fused-ring (bicyclic) bond motifs is 5. The molecule has 5 rings (SSSR count). The summed E-state index contributed by atoms with van der Waals surface area (Å²) >= 11 is 0. The Hall–Kier alpha value is -3.62. The third kappa shape index (κ3) is 2.47. The highest BCUT2D eigenvalue weighted by atomic mass is 16.7. The number of methoxy groups -OCH3 is 3. The SMILES string of the molecule is COc1cc2c(c(OC)c1OC)-c1cc3c(cc1C(=O)C1COC(=O)N1C2)OCO3. The van der Waals surface area contributed by atoms with Crippen LogP contribution in [0.15, 0.2) is 18.2 Å². The Morgan fingerprint density at radius 1 is 0.900 bits per heavy atom. The van der Waals surface area contributed by atoms with Gasteiger partial charge in [-0.05, 0) is 23.8 Å². The van der Waals surface area contributed by atoms with Crippen molar-refractivity contribution in [3.05, 3.63) is 29.3 Å². The van der Waals surface area contributed by atoms with E-state index in [4.69, 9.17) is 28.4 Å². The van der Waals surface area contributed by atoms with E-state index in [2.05, 4.69) is 0 Å². The van der Waals surface area contributed by atoms with Gasteiger partial charge < -0.3 is 28.4 Å². The number of hydrogen-bond donors (Lipinski definition) is 0. The summed E-state index contributed by atoms with van der Waals surface area (Å²) in [6.45, 7) is 0.208. The van der Waals surface area contributed by atoms with Gasteiger partial charge in [0.1, 0.15) is 12.6 Å². The quantitative estimate of drug-likeness (QED) is 0.758.